The van der Waals surface area contributed by atoms with Gasteiger partial charge in [-0.25, -0.2) is 4.39 Å². The average molecular weight is 413 g/mol. The molecule has 1 saturated heterocycles. The Morgan fingerprint density at radius 2 is 1.80 bits per heavy atom. The number of nitrogens with one attached hydrogen (secondary N) is 1. The first-order valence-corrected chi connectivity index (χ1v) is 11.2. The zero-order valence-electron chi connectivity index (χ0n) is 17.6. The van der Waals surface area contributed by atoms with Gasteiger partial charge < -0.3 is 20.1 Å². The molecule has 1 heterocycles. The van der Waals surface area contributed by atoms with Crippen molar-refractivity contribution in [2.45, 2.75) is 37.6 Å². The summed E-state index contributed by atoms with van der Waals surface area (Å²) in [6.07, 6.45) is 4.16. The van der Waals surface area contributed by atoms with E-state index in [0.29, 0.717) is 18.6 Å². The highest BCUT2D eigenvalue weighted by Gasteiger charge is 2.41. The van der Waals surface area contributed by atoms with Crippen LogP contribution in [-0.4, -0.2) is 55.4 Å². The minimum atomic E-state index is -0.239. The number of benzene rings is 2. The zero-order valence-corrected chi connectivity index (χ0v) is 17.6. The zero-order chi connectivity index (χ0) is 20.8. The van der Waals surface area contributed by atoms with Crippen LogP contribution in [-0.2, 0) is 0 Å². The van der Waals surface area contributed by atoms with Gasteiger partial charge in [-0.05, 0) is 68.6 Å². The number of nitrogens with zero attached hydrogens (tertiary/aromatic N) is 1. The Kier molecular flexibility index (Phi) is 7.03. The van der Waals surface area contributed by atoms with Gasteiger partial charge >= 0.3 is 0 Å². The SMILES string of the molecule is OCCCN1CCC(CNC2CC2c2ccccc2)(COc2ccc(F)cc2)CC1. The summed E-state index contributed by atoms with van der Waals surface area (Å²) in [7, 11) is 0. The minimum absolute atomic E-state index is 0.0773. The summed E-state index contributed by atoms with van der Waals surface area (Å²) < 4.78 is 19.3. The highest BCUT2D eigenvalue weighted by atomic mass is 19.1. The Hall–Kier alpha value is -1.95. The molecule has 2 fully saturated rings. The minimum Gasteiger partial charge on any atom is -0.493 e. The summed E-state index contributed by atoms with van der Waals surface area (Å²) in [6, 6.07) is 17.6. The van der Waals surface area contributed by atoms with E-state index in [1.165, 1.54) is 24.1 Å². The molecule has 0 aromatic heterocycles. The first-order valence-electron chi connectivity index (χ1n) is 11.2. The van der Waals surface area contributed by atoms with Crippen LogP contribution in [0.25, 0.3) is 0 Å². The van der Waals surface area contributed by atoms with Crippen LogP contribution in [0.3, 0.4) is 0 Å². The Morgan fingerprint density at radius 3 is 2.50 bits per heavy atom. The first-order chi connectivity index (χ1) is 14.7. The maximum atomic E-state index is 13.2. The fourth-order valence-electron chi connectivity index (χ4n) is 4.52. The Bertz CT molecular complexity index is 775. The van der Waals surface area contributed by atoms with Gasteiger partial charge in [0.25, 0.3) is 0 Å². The molecule has 1 aliphatic carbocycles. The van der Waals surface area contributed by atoms with Gasteiger partial charge in [0.1, 0.15) is 11.6 Å². The number of ether oxygens (including phenoxy) is 1. The van der Waals surface area contributed by atoms with Crippen LogP contribution in [0, 0.1) is 11.2 Å². The van der Waals surface area contributed by atoms with E-state index < -0.39 is 0 Å². The van der Waals surface area contributed by atoms with Gasteiger partial charge in [0.15, 0.2) is 0 Å². The summed E-state index contributed by atoms with van der Waals surface area (Å²) in [5.74, 6) is 1.11. The van der Waals surface area contributed by atoms with Gasteiger partial charge in [-0.3, -0.25) is 0 Å². The van der Waals surface area contributed by atoms with Crippen molar-refractivity contribution in [1.82, 2.24) is 10.2 Å². The number of likely N-dealkylation sites (tertiary alicyclic amines) is 1. The Labute approximate surface area is 179 Å². The standard InChI is InChI=1S/C25H33FN2O2/c26-21-7-9-22(10-8-21)30-19-25(11-14-28(15-12-25)13-4-16-29)18-27-24-17-23(24)20-5-2-1-3-6-20/h1-3,5-10,23-24,27,29H,4,11-19H2. The molecule has 0 radical (unpaired) electrons. The molecule has 0 bridgehead atoms. The monoisotopic (exact) mass is 412 g/mol. The summed E-state index contributed by atoms with van der Waals surface area (Å²) in [6.45, 7) is 4.84. The third kappa shape index (κ3) is 5.60. The van der Waals surface area contributed by atoms with E-state index in [1.54, 1.807) is 12.1 Å². The van der Waals surface area contributed by atoms with E-state index in [-0.39, 0.29) is 17.8 Å². The number of halogens is 1. The van der Waals surface area contributed by atoms with E-state index in [0.717, 1.165) is 51.2 Å². The number of aliphatic hydroxyl groups excluding tert-OH is 1. The van der Waals surface area contributed by atoms with Crippen molar-refractivity contribution in [3.63, 3.8) is 0 Å². The molecule has 1 aliphatic heterocycles. The predicted octanol–water partition coefficient (Wildman–Crippen LogP) is 3.81. The molecule has 4 nitrogen and oxygen atoms in total. The molecule has 2 aromatic rings. The smallest absolute Gasteiger partial charge is 0.123 e. The molecule has 5 heteroatoms. The van der Waals surface area contributed by atoms with Crippen molar-refractivity contribution >= 4 is 0 Å². The normalized spacial score (nSPS) is 23.3. The number of hydrogen-bond acceptors (Lipinski definition) is 4. The van der Waals surface area contributed by atoms with Gasteiger partial charge in [-0.2, -0.15) is 0 Å². The molecule has 1 saturated carbocycles. The van der Waals surface area contributed by atoms with Gasteiger partial charge in [0.05, 0.1) is 6.61 Å². The largest absolute Gasteiger partial charge is 0.493 e. The van der Waals surface area contributed by atoms with Crippen molar-refractivity contribution < 1.29 is 14.2 Å². The molecule has 0 amide bonds. The topological polar surface area (TPSA) is 44.7 Å². The third-order valence-electron chi connectivity index (χ3n) is 6.67. The highest BCUT2D eigenvalue weighted by molar-refractivity contribution is 5.27. The van der Waals surface area contributed by atoms with Crippen molar-refractivity contribution in [3.05, 3.63) is 66.0 Å². The van der Waals surface area contributed by atoms with Crippen LogP contribution in [0.15, 0.2) is 54.6 Å². The lowest BCUT2D eigenvalue weighted by molar-refractivity contribution is 0.0511. The van der Waals surface area contributed by atoms with E-state index in [4.69, 9.17) is 9.84 Å². The fourth-order valence-corrected chi connectivity index (χ4v) is 4.52. The van der Waals surface area contributed by atoms with Crippen LogP contribution in [0.1, 0.15) is 37.2 Å². The Morgan fingerprint density at radius 1 is 1.07 bits per heavy atom. The van der Waals surface area contributed by atoms with E-state index in [1.807, 2.05) is 0 Å². The second kappa shape index (κ2) is 9.90. The molecule has 162 valence electrons. The van der Waals surface area contributed by atoms with E-state index in [2.05, 4.69) is 40.5 Å². The van der Waals surface area contributed by atoms with Gasteiger partial charge in [-0.15, -0.1) is 0 Å². The van der Waals surface area contributed by atoms with Crippen LogP contribution < -0.4 is 10.1 Å². The molecule has 30 heavy (non-hydrogen) atoms. The summed E-state index contributed by atoms with van der Waals surface area (Å²) >= 11 is 0. The molecule has 0 spiro atoms. The quantitative estimate of drug-likeness (QED) is 0.623. The fraction of sp³-hybridized carbons (Fsp3) is 0.520. The first kappa shape index (κ1) is 21.3. The van der Waals surface area contributed by atoms with Crippen molar-refractivity contribution in [1.29, 1.82) is 0 Å². The van der Waals surface area contributed by atoms with Crippen LogP contribution in [0.4, 0.5) is 4.39 Å². The number of piperidine rings is 1. The molecule has 2 aromatic carbocycles. The summed E-state index contributed by atoms with van der Waals surface area (Å²) in [4.78, 5) is 2.44. The molecular weight excluding hydrogens is 379 g/mol. The lowest BCUT2D eigenvalue weighted by Crippen LogP contribution is -2.49. The van der Waals surface area contributed by atoms with E-state index >= 15 is 0 Å². The van der Waals surface area contributed by atoms with Gasteiger partial charge in [0, 0.05) is 37.1 Å². The summed E-state index contributed by atoms with van der Waals surface area (Å²) in [5, 5.41) is 12.9. The highest BCUT2D eigenvalue weighted by Crippen LogP contribution is 2.42. The van der Waals surface area contributed by atoms with Gasteiger partial charge in [-0.1, -0.05) is 30.3 Å². The lowest BCUT2D eigenvalue weighted by Gasteiger charge is -2.42. The van der Waals surface area contributed by atoms with E-state index in [9.17, 15) is 4.39 Å². The second-order valence-electron chi connectivity index (χ2n) is 8.90. The number of rotatable bonds is 10. The third-order valence-corrected chi connectivity index (χ3v) is 6.67. The molecule has 2 unspecified atom stereocenters. The molecule has 4 rings (SSSR count). The predicted molar refractivity (Wildman–Crippen MR) is 117 cm³/mol. The maximum Gasteiger partial charge on any atom is 0.123 e. The van der Waals surface area contributed by atoms with Crippen LogP contribution >= 0.6 is 0 Å². The molecule has 2 aliphatic rings. The lowest BCUT2D eigenvalue weighted by atomic mass is 9.78. The van der Waals surface area contributed by atoms with Gasteiger partial charge in [0.2, 0.25) is 0 Å². The van der Waals surface area contributed by atoms with Crippen molar-refractivity contribution in [2.24, 2.45) is 5.41 Å². The Balaban J connectivity index is 1.34. The number of hydrogen-bond donors (Lipinski definition) is 2. The van der Waals surface area contributed by atoms with Crippen LogP contribution in [0.5, 0.6) is 5.75 Å². The van der Waals surface area contributed by atoms with Crippen LogP contribution in [0.2, 0.25) is 0 Å². The molecule has 2 N–H and O–H groups in total. The molecular formula is C25H33FN2O2. The maximum absolute atomic E-state index is 13.2. The number of aliphatic hydroxyl groups is 1. The van der Waals surface area contributed by atoms with Crippen molar-refractivity contribution in [3.8, 4) is 5.75 Å². The summed E-state index contributed by atoms with van der Waals surface area (Å²) in [5.41, 5.74) is 1.50. The van der Waals surface area contributed by atoms with Crippen molar-refractivity contribution in [2.75, 3.05) is 39.4 Å². The average Bonchev–Trinajstić information content (AvgIpc) is 3.57. The second-order valence-corrected chi connectivity index (χ2v) is 8.90. The molecule has 2 atom stereocenters.